The molecule has 0 spiro atoms. The van der Waals surface area contributed by atoms with Crippen LogP contribution in [-0.2, 0) is 4.79 Å². The van der Waals surface area contributed by atoms with Gasteiger partial charge in [-0.15, -0.1) is 0 Å². The molecule has 1 aliphatic heterocycles. The molecule has 1 fully saturated rings. The number of aryl methyl sites for hydroxylation is 1. The highest BCUT2D eigenvalue weighted by atomic mass is 32.1. The Morgan fingerprint density at radius 1 is 1.05 bits per heavy atom. The highest BCUT2D eigenvalue weighted by Gasteiger charge is 2.41. The van der Waals surface area contributed by atoms with E-state index in [1.807, 2.05) is 79.9 Å². The van der Waals surface area contributed by atoms with Gasteiger partial charge in [0.05, 0.1) is 33.7 Å². The summed E-state index contributed by atoms with van der Waals surface area (Å²) in [7, 11) is 0. The second kappa shape index (κ2) is 10.4. The third-order valence-electron chi connectivity index (χ3n) is 6.68. The molecule has 190 valence electrons. The first-order chi connectivity index (χ1) is 18.6. The van der Waals surface area contributed by atoms with Crippen molar-refractivity contribution in [3.8, 4) is 5.13 Å². The van der Waals surface area contributed by atoms with Crippen molar-refractivity contribution in [2.75, 3.05) is 11.9 Å². The summed E-state index contributed by atoms with van der Waals surface area (Å²) in [5.41, 5.74) is 4.83. The lowest BCUT2D eigenvalue weighted by Gasteiger charge is -2.28. The number of amides is 1. The van der Waals surface area contributed by atoms with Crippen LogP contribution in [0.5, 0.6) is 0 Å². The third-order valence-corrected chi connectivity index (χ3v) is 8.07. The van der Waals surface area contributed by atoms with E-state index in [1.54, 1.807) is 17.5 Å². The van der Waals surface area contributed by atoms with Crippen molar-refractivity contribution in [2.24, 2.45) is 0 Å². The van der Waals surface area contributed by atoms with E-state index in [9.17, 15) is 4.79 Å². The number of nitrogens with zero attached hydrogens (tertiary/aromatic N) is 4. The van der Waals surface area contributed by atoms with Crippen molar-refractivity contribution < 1.29 is 4.79 Å². The van der Waals surface area contributed by atoms with Crippen molar-refractivity contribution >= 4 is 50.5 Å². The Morgan fingerprint density at radius 3 is 2.66 bits per heavy atom. The smallest absolute Gasteiger partial charge is 0.226 e. The Bertz CT molecular complexity index is 1560. The quantitative estimate of drug-likeness (QED) is 0.256. The standard InChI is InChI=1S/C29H26N6OS2/c1-19-11-13-20(14-12-19)31-25(36)15-18-35-27(26(33-28(35)37)22-8-4-5-16-30-22)23-9-6-17-34(23)29-32-21-7-2-3-10-24(21)38-29/h2-14,16-17,26-27H,15,18H2,1H3,(H,31,36)(H,33,37)/t26-,27-/m0/s1. The second-order valence-electron chi connectivity index (χ2n) is 9.25. The molecule has 2 N–H and O–H groups in total. The normalized spacial score (nSPS) is 17.1. The second-order valence-corrected chi connectivity index (χ2v) is 10.6. The number of benzene rings is 2. The first-order valence-corrected chi connectivity index (χ1v) is 13.7. The number of para-hydroxylation sites is 1. The van der Waals surface area contributed by atoms with E-state index in [4.69, 9.17) is 17.2 Å². The highest BCUT2D eigenvalue weighted by Crippen LogP contribution is 2.40. The van der Waals surface area contributed by atoms with Gasteiger partial charge in [-0.25, -0.2) is 4.98 Å². The number of hydrogen-bond acceptors (Lipinski definition) is 5. The van der Waals surface area contributed by atoms with Gasteiger partial charge in [0.2, 0.25) is 5.91 Å². The van der Waals surface area contributed by atoms with Crippen LogP contribution in [-0.4, -0.2) is 37.0 Å². The number of carbonyl (C=O) groups is 1. The van der Waals surface area contributed by atoms with Gasteiger partial charge in [-0.3, -0.25) is 14.3 Å². The van der Waals surface area contributed by atoms with Gasteiger partial charge in [0.25, 0.3) is 0 Å². The zero-order valence-corrected chi connectivity index (χ0v) is 22.4. The van der Waals surface area contributed by atoms with Gasteiger partial charge in [0, 0.05) is 31.0 Å². The Labute approximate surface area is 230 Å². The molecule has 0 aliphatic carbocycles. The summed E-state index contributed by atoms with van der Waals surface area (Å²) in [5, 5.41) is 7.97. The number of thiocarbonyl (C=S) groups is 1. The molecule has 0 bridgehead atoms. The molecule has 2 atom stereocenters. The number of pyridine rings is 1. The van der Waals surface area contributed by atoms with Gasteiger partial charge >= 0.3 is 0 Å². The number of anilines is 1. The van der Waals surface area contributed by atoms with Crippen LogP contribution >= 0.6 is 23.6 Å². The van der Waals surface area contributed by atoms with Crippen LogP contribution in [0, 0.1) is 6.92 Å². The molecule has 2 aromatic carbocycles. The van der Waals surface area contributed by atoms with E-state index >= 15 is 0 Å². The minimum atomic E-state index is -0.174. The first-order valence-electron chi connectivity index (χ1n) is 12.4. The lowest BCUT2D eigenvalue weighted by Crippen LogP contribution is -2.33. The van der Waals surface area contributed by atoms with Gasteiger partial charge < -0.3 is 15.5 Å². The molecule has 0 saturated carbocycles. The lowest BCUT2D eigenvalue weighted by atomic mass is 10.0. The Hall–Kier alpha value is -4.08. The fourth-order valence-electron chi connectivity index (χ4n) is 4.82. The number of rotatable bonds is 7. The Kier molecular flexibility index (Phi) is 6.61. The fourth-order valence-corrected chi connectivity index (χ4v) is 6.12. The maximum Gasteiger partial charge on any atom is 0.226 e. The average molecular weight is 539 g/mol. The number of hydrogen-bond donors (Lipinski definition) is 2. The van der Waals surface area contributed by atoms with Gasteiger partial charge in [0.1, 0.15) is 0 Å². The average Bonchev–Trinajstić information content (AvgIpc) is 3.65. The van der Waals surface area contributed by atoms with E-state index in [0.717, 1.165) is 38.0 Å². The summed E-state index contributed by atoms with van der Waals surface area (Å²) in [4.78, 5) is 24.5. The van der Waals surface area contributed by atoms with Crippen molar-refractivity contribution in [3.63, 3.8) is 0 Å². The summed E-state index contributed by atoms with van der Waals surface area (Å²) in [6, 6.07) is 25.6. The minimum Gasteiger partial charge on any atom is -0.352 e. The van der Waals surface area contributed by atoms with Crippen molar-refractivity contribution in [1.29, 1.82) is 0 Å². The van der Waals surface area contributed by atoms with Crippen LogP contribution in [0.15, 0.2) is 91.3 Å². The topological polar surface area (TPSA) is 75.1 Å². The molecule has 0 unspecified atom stereocenters. The molecule has 6 rings (SSSR count). The summed E-state index contributed by atoms with van der Waals surface area (Å²) >= 11 is 7.46. The summed E-state index contributed by atoms with van der Waals surface area (Å²) in [6.07, 6.45) is 4.12. The van der Waals surface area contributed by atoms with Gasteiger partial charge in [-0.1, -0.05) is 47.2 Å². The maximum atomic E-state index is 12.9. The number of nitrogens with one attached hydrogen (secondary N) is 2. The van der Waals surface area contributed by atoms with Crippen molar-refractivity contribution in [2.45, 2.75) is 25.4 Å². The SMILES string of the molecule is Cc1ccc(NC(=O)CCN2C(=S)N[C@@H](c3ccccn3)[C@@H]2c2cccn2-c2nc3ccccc3s2)cc1. The molecule has 5 aromatic rings. The zero-order valence-electron chi connectivity index (χ0n) is 20.7. The van der Waals surface area contributed by atoms with Crippen LogP contribution in [0.2, 0.25) is 0 Å². The lowest BCUT2D eigenvalue weighted by molar-refractivity contribution is -0.116. The zero-order chi connectivity index (χ0) is 26.1. The molecule has 7 nitrogen and oxygen atoms in total. The molecule has 38 heavy (non-hydrogen) atoms. The first kappa shape index (κ1) is 24.3. The number of aromatic nitrogens is 3. The molecule has 1 amide bonds. The van der Waals surface area contributed by atoms with Crippen molar-refractivity contribution in [3.05, 3.63) is 108 Å². The summed E-state index contributed by atoms with van der Waals surface area (Å²) < 4.78 is 3.26. The number of carbonyl (C=O) groups excluding carboxylic acids is 1. The van der Waals surface area contributed by atoms with E-state index in [1.165, 1.54) is 0 Å². The van der Waals surface area contributed by atoms with Gasteiger partial charge in [0.15, 0.2) is 10.2 Å². The van der Waals surface area contributed by atoms with Crippen LogP contribution < -0.4 is 10.6 Å². The van der Waals surface area contributed by atoms with E-state index in [2.05, 4.69) is 37.2 Å². The van der Waals surface area contributed by atoms with E-state index in [-0.39, 0.29) is 18.0 Å². The van der Waals surface area contributed by atoms with Gasteiger partial charge in [-0.05, 0) is 67.7 Å². The van der Waals surface area contributed by atoms with Crippen LogP contribution in [0.25, 0.3) is 15.3 Å². The molecular formula is C29H26N6OS2. The molecule has 1 aliphatic rings. The highest BCUT2D eigenvalue weighted by molar-refractivity contribution is 7.80. The Morgan fingerprint density at radius 2 is 1.87 bits per heavy atom. The molecule has 9 heteroatoms. The van der Waals surface area contributed by atoms with Crippen LogP contribution in [0.4, 0.5) is 5.69 Å². The Balaban J connectivity index is 1.31. The predicted octanol–water partition coefficient (Wildman–Crippen LogP) is 5.79. The summed E-state index contributed by atoms with van der Waals surface area (Å²) in [5.74, 6) is -0.0572. The van der Waals surface area contributed by atoms with E-state index < -0.39 is 0 Å². The number of fused-ring (bicyclic) bond motifs is 1. The van der Waals surface area contributed by atoms with Crippen molar-refractivity contribution in [1.82, 2.24) is 24.8 Å². The molecular weight excluding hydrogens is 512 g/mol. The fraction of sp³-hybridized carbons (Fsp3) is 0.172. The molecule has 3 aromatic heterocycles. The van der Waals surface area contributed by atoms with Gasteiger partial charge in [-0.2, -0.15) is 0 Å². The van der Waals surface area contributed by atoms with Crippen LogP contribution in [0.1, 0.15) is 35.5 Å². The van der Waals surface area contributed by atoms with E-state index in [0.29, 0.717) is 18.1 Å². The predicted molar refractivity (Wildman–Crippen MR) is 156 cm³/mol. The van der Waals surface area contributed by atoms with Crippen LogP contribution in [0.3, 0.4) is 0 Å². The molecule has 0 radical (unpaired) electrons. The minimum absolute atomic E-state index is 0.0572. The summed E-state index contributed by atoms with van der Waals surface area (Å²) in [6.45, 7) is 2.48. The maximum absolute atomic E-state index is 12.9. The number of thiazole rings is 1. The molecule has 1 saturated heterocycles. The monoisotopic (exact) mass is 538 g/mol. The molecule has 4 heterocycles. The third kappa shape index (κ3) is 4.78. The largest absolute Gasteiger partial charge is 0.352 e.